The first kappa shape index (κ1) is 16.6. The van der Waals surface area contributed by atoms with E-state index in [2.05, 4.69) is 49.9 Å². The highest BCUT2D eigenvalue weighted by Gasteiger charge is 2.54. The molecule has 1 aliphatic heterocycles. The van der Waals surface area contributed by atoms with E-state index in [-0.39, 0.29) is 5.54 Å². The lowest BCUT2D eigenvalue weighted by atomic mass is 9.94. The van der Waals surface area contributed by atoms with Crippen LogP contribution in [0.5, 0.6) is 0 Å². The van der Waals surface area contributed by atoms with Crippen molar-refractivity contribution in [3.8, 4) is 0 Å². The van der Waals surface area contributed by atoms with E-state index in [4.69, 9.17) is 22.2 Å². The average Bonchev–Trinajstić information content (AvgIpc) is 2.54. The van der Waals surface area contributed by atoms with Crippen molar-refractivity contribution >= 4 is 39.6 Å². The topological polar surface area (TPSA) is 0 Å². The van der Waals surface area contributed by atoms with Gasteiger partial charge in [0, 0.05) is 5.54 Å². The van der Waals surface area contributed by atoms with Crippen LogP contribution in [0.15, 0.2) is 72.8 Å². The van der Waals surface area contributed by atoms with E-state index in [1.165, 1.54) is 21.9 Å². The van der Waals surface area contributed by atoms with Gasteiger partial charge in [-0.1, -0.05) is 66.2 Å². The molecule has 0 aliphatic carbocycles. The van der Waals surface area contributed by atoms with Crippen LogP contribution in [0.25, 0.3) is 10.8 Å². The van der Waals surface area contributed by atoms with E-state index < -0.39 is 6.69 Å². The largest absolute Gasteiger partial charge is 0.288 e. The quantitative estimate of drug-likeness (QED) is 0.313. The minimum Gasteiger partial charge on any atom is -0.139 e. The molecule has 2 aromatic carbocycles. The van der Waals surface area contributed by atoms with Gasteiger partial charge in [0.15, 0.2) is 0 Å². The summed E-state index contributed by atoms with van der Waals surface area (Å²) < 4.78 is 0. The summed E-state index contributed by atoms with van der Waals surface area (Å²) in [5, 5.41) is 1.18. The minimum atomic E-state index is -2.48. The third kappa shape index (κ3) is 3.19. The number of rotatable bonds is 5. The Kier molecular flexibility index (Phi) is 4.81. The summed E-state index contributed by atoms with van der Waals surface area (Å²) in [4.78, 5) is 0. The van der Waals surface area contributed by atoms with E-state index in [1.807, 2.05) is 24.3 Å². The summed E-state index contributed by atoms with van der Waals surface area (Å²) >= 11 is 13.8. The van der Waals surface area contributed by atoms with E-state index in [1.54, 1.807) is 0 Å². The zero-order valence-electron chi connectivity index (χ0n) is 13.2. The van der Waals surface area contributed by atoms with E-state index in [0.29, 0.717) is 0 Å². The van der Waals surface area contributed by atoms with Crippen molar-refractivity contribution in [2.24, 2.45) is 0 Å². The summed E-state index contributed by atoms with van der Waals surface area (Å²) in [5.41, 5.74) is 5.18. The van der Waals surface area contributed by atoms with Crippen LogP contribution in [0.1, 0.15) is 30.9 Å². The van der Waals surface area contributed by atoms with Crippen molar-refractivity contribution in [1.82, 2.24) is 0 Å². The van der Waals surface area contributed by atoms with E-state index in [0.717, 1.165) is 18.4 Å². The highest BCUT2D eigenvalue weighted by atomic mass is 35.7. The smallest absolute Gasteiger partial charge is 0.139 e. The third-order valence-electron chi connectivity index (χ3n) is 4.40. The molecule has 0 saturated heterocycles. The molecule has 2 aromatic rings. The molecule has 0 N–H and O–H groups in total. The summed E-state index contributed by atoms with van der Waals surface area (Å²) in [6.45, 7) is 3.61. The van der Waals surface area contributed by atoms with Crippen LogP contribution < -0.4 is 0 Å². The molecule has 1 atom stereocenters. The molecule has 0 amide bonds. The van der Waals surface area contributed by atoms with Gasteiger partial charge in [-0.15, -0.1) is 28.7 Å². The molecule has 0 spiro atoms. The molecule has 0 aromatic heterocycles. The highest BCUT2D eigenvalue weighted by Crippen LogP contribution is 2.62. The second-order valence-electron chi connectivity index (χ2n) is 6.19. The zero-order chi connectivity index (χ0) is 16.4. The second-order valence-corrected chi connectivity index (χ2v) is 12.8. The van der Waals surface area contributed by atoms with Crippen LogP contribution in [0.2, 0.25) is 5.54 Å². The summed E-state index contributed by atoms with van der Waals surface area (Å²) in [5.74, 6) is 0. The van der Waals surface area contributed by atoms with Crippen LogP contribution in [-0.4, -0.2) is 6.69 Å². The molecule has 0 nitrogen and oxygen atoms in total. The van der Waals surface area contributed by atoms with Crippen molar-refractivity contribution < 1.29 is 0 Å². The summed E-state index contributed by atoms with van der Waals surface area (Å²) in [6, 6.07) is 20.8. The molecule has 1 heterocycles. The van der Waals surface area contributed by atoms with Crippen molar-refractivity contribution in [1.29, 1.82) is 0 Å². The first-order valence-corrected chi connectivity index (χ1v) is 12.0. The average molecular weight is 359 g/mol. The van der Waals surface area contributed by atoms with Gasteiger partial charge in [0.25, 0.3) is 6.69 Å². The fraction of sp³-hybridized carbons (Fsp3) is 0.200. The number of hydrogen-bond donors (Lipinski definition) is 0. The normalized spacial score (nSPS) is 19.3. The van der Waals surface area contributed by atoms with Gasteiger partial charge in [-0.05, 0) is 41.7 Å². The maximum atomic E-state index is 6.92. The zero-order valence-corrected chi connectivity index (χ0v) is 15.7. The Balaban J connectivity index is 2.09. The highest BCUT2D eigenvalue weighted by molar-refractivity contribution is 7.56. The predicted octanol–water partition coefficient (Wildman–Crippen LogP) is 6.80. The Hall–Kier alpha value is -1.28. The Morgan fingerprint density at radius 3 is 2.00 bits per heavy atom. The van der Waals surface area contributed by atoms with Crippen LogP contribution in [-0.2, 0) is 0 Å². The molecule has 1 aliphatic rings. The molecule has 0 bridgehead atoms. The maximum Gasteiger partial charge on any atom is 0.288 e. The number of hydrogen-bond acceptors (Lipinski definition) is 0. The molecule has 0 fully saturated rings. The lowest BCUT2D eigenvalue weighted by Crippen LogP contribution is -2.40. The van der Waals surface area contributed by atoms with Gasteiger partial charge in [0.05, 0.1) is 0 Å². The van der Waals surface area contributed by atoms with Gasteiger partial charge >= 0.3 is 0 Å². The standard InChI is InChI=1S/C20H20Cl2Si/c1-15(2)13-14-18-19(16-9-5-3-6-10-16)20(23(18,21)22)17-11-7-4-8-12-17/h3-12,18H,1,13-14H2,2H3. The van der Waals surface area contributed by atoms with Crippen LogP contribution in [0.4, 0.5) is 0 Å². The van der Waals surface area contributed by atoms with Gasteiger partial charge in [0.2, 0.25) is 0 Å². The van der Waals surface area contributed by atoms with Gasteiger partial charge in [0.1, 0.15) is 0 Å². The van der Waals surface area contributed by atoms with Gasteiger partial charge in [-0.2, -0.15) is 0 Å². The molecular formula is C20H20Cl2Si. The van der Waals surface area contributed by atoms with E-state index in [9.17, 15) is 0 Å². The Bertz CT molecular complexity index is 733. The summed E-state index contributed by atoms with van der Waals surface area (Å²) in [7, 11) is 0. The number of halogens is 2. The van der Waals surface area contributed by atoms with Crippen LogP contribution >= 0.6 is 22.2 Å². The lowest BCUT2D eigenvalue weighted by molar-refractivity contribution is 0.826. The van der Waals surface area contributed by atoms with Gasteiger partial charge in [-0.3, -0.25) is 0 Å². The molecule has 3 rings (SSSR count). The summed E-state index contributed by atoms with van der Waals surface area (Å²) in [6.07, 6.45) is 1.95. The first-order valence-electron chi connectivity index (χ1n) is 7.89. The SMILES string of the molecule is C=C(C)CCC1C(c2ccccc2)=C(c2ccccc2)[Si]1(Cl)Cl. The molecule has 0 saturated carbocycles. The first-order chi connectivity index (χ1) is 11.0. The third-order valence-corrected chi connectivity index (χ3v) is 9.79. The molecule has 23 heavy (non-hydrogen) atoms. The fourth-order valence-corrected chi connectivity index (χ4v) is 8.37. The van der Waals surface area contributed by atoms with Gasteiger partial charge in [-0.25, -0.2) is 0 Å². The van der Waals surface area contributed by atoms with Crippen LogP contribution in [0, 0.1) is 0 Å². The molecule has 118 valence electrons. The Morgan fingerprint density at radius 2 is 1.48 bits per heavy atom. The van der Waals surface area contributed by atoms with E-state index >= 15 is 0 Å². The predicted molar refractivity (Wildman–Crippen MR) is 105 cm³/mol. The van der Waals surface area contributed by atoms with Crippen molar-refractivity contribution in [3.05, 3.63) is 83.9 Å². The number of allylic oxidation sites excluding steroid dienone is 2. The Labute approximate surface area is 148 Å². The van der Waals surface area contributed by atoms with Crippen molar-refractivity contribution in [2.45, 2.75) is 25.3 Å². The fourth-order valence-electron chi connectivity index (χ4n) is 3.26. The monoisotopic (exact) mass is 358 g/mol. The minimum absolute atomic E-state index is 0.264. The van der Waals surface area contributed by atoms with Crippen molar-refractivity contribution in [3.63, 3.8) is 0 Å². The van der Waals surface area contributed by atoms with Crippen LogP contribution in [0.3, 0.4) is 0 Å². The molecule has 1 unspecified atom stereocenters. The second kappa shape index (κ2) is 6.68. The molecule has 3 heteroatoms. The number of benzene rings is 2. The maximum absolute atomic E-state index is 6.92. The molecular weight excluding hydrogens is 339 g/mol. The van der Waals surface area contributed by atoms with Crippen molar-refractivity contribution in [2.75, 3.05) is 0 Å². The Morgan fingerprint density at radius 1 is 0.957 bits per heavy atom. The lowest BCUT2D eigenvalue weighted by Gasteiger charge is -2.44. The van der Waals surface area contributed by atoms with Gasteiger partial charge < -0.3 is 0 Å². The molecule has 0 radical (unpaired) electrons.